The lowest BCUT2D eigenvalue weighted by Crippen LogP contribution is -2.50. The Hall–Kier alpha value is -2.04. The number of carbonyl (C=O) groups is 2. The number of hydrogen-bond acceptors (Lipinski definition) is 4. The van der Waals surface area contributed by atoms with Gasteiger partial charge in [-0.15, -0.1) is 24.0 Å². The molecule has 9 heteroatoms. The van der Waals surface area contributed by atoms with E-state index in [0.29, 0.717) is 25.5 Å². The van der Waals surface area contributed by atoms with Gasteiger partial charge in [-0.3, -0.25) is 14.6 Å². The van der Waals surface area contributed by atoms with E-state index in [-0.39, 0.29) is 47.8 Å². The first-order valence-corrected chi connectivity index (χ1v) is 11.3. The summed E-state index contributed by atoms with van der Waals surface area (Å²) in [6.07, 6.45) is 1.35. The van der Waals surface area contributed by atoms with Gasteiger partial charge in [0.05, 0.1) is 0 Å². The van der Waals surface area contributed by atoms with Crippen molar-refractivity contribution < 1.29 is 9.59 Å². The predicted molar refractivity (Wildman–Crippen MR) is 140 cm³/mol. The number of aliphatic imine (C=N–C) groups is 1. The van der Waals surface area contributed by atoms with E-state index in [9.17, 15) is 9.59 Å². The summed E-state index contributed by atoms with van der Waals surface area (Å²) in [7, 11) is 1.73. The SMILES string of the molecule is CN=C(NCCC(=O)N1CCN(c2ccccc2)CC1)NC1CCN(C(=O)C(C)C)C1.I. The van der Waals surface area contributed by atoms with Crippen molar-refractivity contribution in [3.63, 3.8) is 0 Å². The minimum Gasteiger partial charge on any atom is -0.368 e. The van der Waals surface area contributed by atoms with E-state index in [1.54, 1.807) is 7.05 Å². The summed E-state index contributed by atoms with van der Waals surface area (Å²) < 4.78 is 0. The van der Waals surface area contributed by atoms with Crippen LogP contribution in [0.2, 0.25) is 0 Å². The molecule has 0 spiro atoms. The van der Waals surface area contributed by atoms with Gasteiger partial charge in [-0.2, -0.15) is 0 Å². The number of piperazine rings is 1. The molecule has 2 aliphatic heterocycles. The summed E-state index contributed by atoms with van der Waals surface area (Å²) in [5, 5.41) is 6.63. The van der Waals surface area contributed by atoms with E-state index in [0.717, 1.165) is 39.1 Å². The van der Waals surface area contributed by atoms with Crippen LogP contribution in [0.25, 0.3) is 0 Å². The summed E-state index contributed by atoms with van der Waals surface area (Å²) in [4.78, 5) is 35.2. The second-order valence-corrected chi connectivity index (χ2v) is 8.52. The smallest absolute Gasteiger partial charge is 0.225 e. The molecule has 2 amide bonds. The normalized spacial score (nSPS) is 19.1. The van der Waals surface area contributed by atoms with Crippen molar-refractivity contribution in [3.05, 3.63) is 30.3 Å². The highest BCUT2D eigenvalue weighted by atomic mass is 127. The Morgan fingerprint density at radius 1 is 1.06 bits per heavy atom. The van der Waals surface area contributed by atoms with Crippen LogP contribution >= 0.6 is 24.0 Å². The molecule has 2 heterocycles. The number of nitrogens with zero attached hydrogens (tertiary/aromatic N) is 4. The summed E-state index contributed by atoms with van der Waals surface area (Å²) in [6.45, 7) is 9.11. The van der Waals surface area contributed by atoms with Crippen LogP contribution in [0.4, 0.5) is 5.69 Å². The number of carbonyl (C=O) groups excluding carboxylic acids is 2. The van der Waals surface area contributed by atoms with E-state index in [2.05, 4.69) is 32.7 Å². The maximum atomic E-state index is 12.6. The third-order valence-corrected chi connectivity index (χ3v) is 5.94. The van der Waals surface area contributed by atoms with Crippen molar-refractivity contribution in [1.29, 1.82) is 0 Å². The fourth-order valence-corrected chi connectivity index (χ4v) is 4.13. The van der Waals surface area contributed by atoms with Crippen LogP contribution in [0.1, 0.15) is 26.7 Å². The number of likely N-dealkylation sites (tertiary alicyclic amines) is 1. The molecule has 2 N–H and O–H groups in total. The number of halogens is 1. The van der Waals surface area contributed by atoms with E-state index < -0.39 is 0 Å². The summed E-state index contributed by atoms with van der Waals surface area (Å²) in [6, 6.07) is 10.5. The monoisotopic (exact) mass is 556 g/mol. The van der Waals surface area contributed by atoms with E-state index in [4.69, 9.17) is 0 Å². The topological polar surface area (TPSA) is 80.3 Å². The maximum Gasteiger partial charge on any atom is 0.225 e. The van der Waals surface area contributed by atoms with Gasteiger partial charge in [0.25, 0.3) is 0 Å². The van der Waals surface area contributed by atoms with Gasteiger partial charge in [0.1, 0.15) is 0 Å². The molecular weight excluding hydrogens is 519 g/mol. The highest BCUT2D eigenvalue weighted by molar-refractivity contribution is 14.0. The number of amides is 2. The Labute approximate surface area is 208 Å². The molecule has 8 nitrogen and oxygen atoms in total. The lowest BCUT2D eigenvalue weighted by Gasteiger charge is -2.36. The molecule has 1 atom stereocenters. The third-order valence-electron chi connectivity index (χ3n) is 5.94. The Kier molecular flexibility index (Phi) is 10.5. The third kappa shape index (κ3) is 7.25. The maximum absolute atomic E-state index is 12.6. The highest BCUT2D eigenvalue weighted by Crippen LogP contribution is 2.16. The Morgan fingerprint density at radius 3 is 2.38 bits per heavy atom. The molecule has 2 fully saturated rings. The first kappa shape index (κ1) is 26.2. The van der Waals surface area contributed by atoms with E-state index in [1.165, 1.54) is 5.69 Å². The zero-order chi connectivity index (χ0) is 22.2. The number of guanidine groups is 1. The minimum atomic E-state index is 0. The molecule has 1 aromatic rings. The molecule has 0 aromatic heterocycles. The van der Waals surface area contributed by atoms with Gasteiger partial charge >= 0.3 is 0 Å². The average Bonchev–Trinajstić information content (AvgIpc) is 3.26. The number of rotatable bonds is 6. The number of nitrogens with one attached hydrogen (secondary N) is 2. The first-order valence-electron chi connectivity index (χ1n) is 11.3. The van der Waals surface area contributed by atoms with Crippen LogP contribution in [0.3, 0.4) is 0 Å². The average molecular weight is 556 g/mol. The summed E-state index contributed by atoms with van der Waals surface area (Å²) in [5.74, 6) is 1.08. The molecule has 0 bridgehead atoms. The summed E-state index contributed by atoms with van der Waals surface area (Å²) >= 11 is 0. The second kappa shape index (κ2) is 12.9. The van der Waals surface area contributed by atoms with Crippen LogP contribution in [-0.4, -0.2) is 86.5 Å². The predicted octanol–water partition coefficient (Wildman–Crippen LogP) is 1.77. The highest BCUT2D eigenvalue weighted by Gasteiger charge is 2.28. The molecule has 3 rings (SSSR count). The van der Waals surface area contributed by atoms with Gasteiger partial charge in [-0.1, -0.05) is 32.0 Å². The quantitative estimate of drug-likeness (QED) is 0.317. The van der Waals surface area contributed by atoms with Gasteiger partial charge in [0, 0.05) is 76.9 Å². The van der Waals surface area contributed by atoms with Crippen molar-refractivity contribution in [2.75, 3.05) is 57.8 Å². The molecule has 2 saturated heterocycles. The van der Waals surface area contributed by atoms with Crippen LogP contribution in [0, 0.1) is 5.92 Å². The van der Waals surface area contributed by atoms with Crippen molar-refractivity contribution in [3.8, 4) is 0 Å². The molecule has 32 heavy (non-hydrogen) atoms. The Morgan fingerprint density at radius 2 is 1.75 bits per heavy atom. The molecular formula is C23H37IN6O2. The minimum absolute atomic E-state index is 0. The van der Waals surface area contributed by atoms with Crippen molar-refractivity contribution in [1.82, 2.24) is 20.4 Å². The zero-order valence-corrected chi connectivity index (χ0v) is 21.7. The van der Waals surface area contributed by atoms with Gasteiger partial charge in [0.2, 0.25) is 11.8 Å². The number of para-hydroxylation sites is 1. The van der Waals surface area contributed by atoms with E-state index >= 15 is 0 Å². The van der Waals surface area contributed by atoms with Crippen molar-refractivity contribution >= 4 is 47.4 Å². The van der Waals surface area contributed by atoms with Gasteiger partial charge in [-0.25, -0.2) is 0 Å². The standard InChI is InChI=1S/C23H36N6O2.HI/c1-18(2)22(31)29-12-10-19(17-29)26-23(24-3)25-11-9-21(30)28-15-13-27(14-16-28)20-7-5-4-6-8-20;/h4-8,18-19H,9-17H2,1-3H3,(H2,24,25,26);1H. The van der Waals surface area contributed by atoms with Gasteiger partial charge in [-0.05, 0) is 18.6 Å². The van der Waals surface area contributed by atoms with Crippen molar-refractivity contribution in [2.45, 2.75) is 32.7 Å². The lowest BCUT2D eigenvalue weighted by atomic mass is 10.2. The van der Waals surface area contributed by atoms with Crippen LogP contribution in [-0.2, 0) is 9.59 Å². The van der Waals surface area contributed by atoms with E-state index in [1.807, 2.05) is 41.8 Å². The molecule has 0 aliphatic carbocycles. The lowest BCUT2D eigenvalue weighted by molar-refractivity contribution is -0.133. The van der Waals surface area contributed by atoms with Crippen LogP contribution in [0.5, 0.6) is 0 Å². The first-order chi connectivity index (χ1) is 15.0. The largest absolute Gasteiger partial charge is 0.368 e. The molecule has 1 aromatic carbocycles. The fourth-order valence-electron chi connectivity index (χ4n) is 4.13. The molecule has 0 saturated carbocycles. The zero-order valence-electron chi connectivity index (χ0n) is 19.4. The summed E-state index contributed by atoms with van der Waals surface area (Å²) in [5.41, 5.74) is 1.21. The van der Waals surface area contributed by atoms with Gasteiger partial charge in [0.15, 0.2) is 5.96 Å². The number of hydrogen-bond donors (Lipinski definition) is 2. The number of benzene rings is 1. The van der Waals surface area contributed by atoms with Crippen LogP contribution < -0.4 is 15.5 Å². The molecule has 0 radical (unpaired) electrons. The van der Waals surface area contributed by atoms with Crippen molar-refractivity contribution in [2.24, 2.45) is 10.9 Å². The molecule has 1 unspecified atom stereocenters. The van der Waals surface area contributed by atoms with Crippen LogP contribution in [0.15, 0.2) is 35.3 Å². The molecule has 178 valence electrons. The fraction of sp³-hybridized carbons (Fsp3) is 0.609. The van der Waals surface area contributed by atoms with Gasteiger partial charge < -0.3 is 25.3 Å². The Balaban J connectivity index is 0.00000363. The molecule has 2 aliphatic rings. The Bertz CT molecular complexity index is 765. The second-order valence-electron chi connectivity index (χ2n) is 8.52. The number of anilines is 1.